The molecule has 1 aliphatic heterocycles. The predicted molar refractivity (Wildman–Crippen MR) is 90.3 cm³/mol. The van der Waals surface area contributed by atoms with Crippen molar-refractivity contribution in [1.82, 2.24) is 19.2 Å². The molecule has 8 heteroatoms. The molecule has 0 N–H and O–H groups in total. The summed E-state index contributed by atoms with van der Waals surface area (Å²) in [5.74, 6) is 0. The lowest BCUT2D eigenvalue weighted by Gasteiger charge is -2.33. The number of carbonyl (C=O) groups excluding carboxylic acids is 1. The summed E-state index contributed by atoms with van der Waals surface area (Å²) in [6.45, 7) is 5.42. The number of halogens is 1. The summed E-state index contributed by atoms with van der Waals surface area (Å²) < 4.78 is 6.44. The molecule has 2 aromatic heterocycles. The first-order valence-electron chi connectivity index (χ1n) is 7.88. The largest absolute Gasteiger partial charge is 0.450 e. The van der Waals surface area contributed by atoms with Gasteiger partial charge in [0, 0.05) is 45.0 Å². The van der Waals surface area contributed by atoms with E-state index in [0.717, 1.165) is 13.1 Å². The van der Waals surface area contributed by atoms with E-state index in [1.165, 1.54) is 10.5 Å². The molecule has 0 spiro atoms. The van der Waals surface area contributed by atoms with Gasteiger partial charge in [-0.05, 0) is 19.1 Å². The molecule has 0 aliphatic carbocycles. The normalized spacial score (nSPS) is 15.7. The number of aromatic nitrogens is 2. The first-order valence-corrected chi connectivity index (χ1v) is 8.26. The first kappa shape index (κ1) is 16.7. The second-order valence-corrected chi connectivity index (χ2v) is 6.06. The second kappa shape index (κ2) is 7.19. The van der Waals surface area contributed by atoms with Crippen LogP contribution in [0, 0.1) is 0 Å². The highest BCUT2D eigenvalue weighted by Crippen LogP contribution is 2.11. The Kier molecular flexibility index (Phi) is 5.01. The third-order valence-corrected chi connectivity index (χ3v) is 4.18. The fourth-order valence-electron chi connectivity index (χ4n) is 2.74. The van der Waals surface area contributed by atoms with Crippen molar-refractivity contribution >= 4 is 23.3 Å². The van der Waals surface area contributed by atoms with Crippen LogP contribution in [0.4, 0.5) is 4.79 Å². The van der Waals surface area contributed by atoms with E-state index in [0.29, 0.717) is 42.6 Å². The fourth-order valence-corrected chi connectivity index (χ4v) is 2.90. The number of carbonyl (C=O) groups is 1. The van der Waals surface area contributed by atoms with Crippen LogP contribution in [0.5, 0.6) is 0 Å². The van der Waals surface area contributed by atoms with Crippen LogP contribution in [-0.2, 0) is 11.3 Å². The van der Waals surface area contributed by atoms with Gasteiger partial charge in [-0.15, -0.1) is 0 Å². The van der Waals surface area contributed by atoms with E-state index >= 15 is 0 Å². The maximum absolute atomic E-state index is 12.2. The van der Waals surface area contributed by atoms with Crippen LogP contribution < -0.4 is 5.56 Å². The number of pyridine rings is 1. The van der Waals surface area contributed by atoms with E-state index in [2.05, 4.69) is 9.88 Å². The van der Waals surface area contributed by atoms with Crippen molar-refractivity contribution in [2.45, 2.75) is 13.5 Å². The summed E-state index contributed by atoms with van der Waals surface area (Å²) in [5, 5.41) is 0.495. The molecule has 3 rings (SSSR count). The molecule has 128 valence electrons. The summed E-state index contributed by atoms with van der Waals surface area (Å²) in [6.07, 6.45) is 1.30. The molecule has 1 aliphatic rings. The summed E-state index contributed by atoms with van der Waals surface area (Å²) >= 11 is 5.91. The lowest BCUT2D eigenvalue weighted by Crippen LogP contribution is -2.48. The highest BCUT2D eigenvalue weighted by molar-refractivity contribution is 6.30. The van der Waals surface area contributed by atoms with Gasteiger partial charge in [-0.2, -0.15) is 0 Å². The molecule has 0 bridgehead atoms. The lowest BCUT2D eigenvalue weighted by atomic mass is 10.3. The summed E-state index contributed by atoms with van der Waals surface area (Å²) in [6, 6.07) is 4.97. The molecular formula is C16H19ClN4O3. The predicted octanol–water partition coefficient (Wildman–Crippen LogP) is 1.62. The lowest BCUT2D eigenvalue weighted by molar-refractivity contribution is 0.0775. The number of nitrogens with zero attached hydrogens (tertiary/aromatic N) is 4. The Balaban J connectivity index is 1.67. The molecule has 1 amide bonds. The molecule has 0 saturated carbocycles. The van der Waals surface area contributed by atoms with Crippen molar-refractivity contribution < 1.29 is 9.53 Å². The highest BCUT2D eigenvalue weighted by Gasteiger charge is 2.22. The minimum absolute atomic E-state index is 0.150. The second-order valence-electron chi connectivity index (χ2n) is 5.62. The van der Waals surface area contributed by atoms with Crippen molar-refractivity contribution in [3.63, 3.8) is 0 Å². The molecule has 7 nitrogen and oxygen atoms in total. The van der Waals surface area contributed by atoms with Crippen molar-refractivity contribution in [2.24, 2.45) is 0 Å². The van der Waals surface area contributed by atoms with E-state index in [1.807, 2.05) is 0 Å². The van der Waals surface area contributed by atoms with Gasteiger partial charge in [0.25, 0.3) is 5.56 Å². The van der Waals surface area contributed by atoms with E-state index < -0.39 is 0 Å². The summed E-state index contributed by atoms with van der Waals surface area (Å²) in [7, 11) is 0. The molecule has 0 aromatic carbocycles. The van der Waals surface area contributed by atoms with Gasteiger partial charge in [0.1, 0.15) is 5.65 Å². The van der Waals surface area contributed by atoms with E-state index in [-0.39, 0.29) is 11.7 Å². The van der Waals surface area contributed by atoms with E-state index in [4.69, 9.17) is 16.3 Å². The highest BCUT2D eigenvalue weighted by atomic mass is 35.5. The van der Waals surface area contributed by atoms with Gasteiger partial charge in [0.15, 0.2) is 0 Å². The van der Waals surface area contributed by atoms with Gasteiger partial charge in [0.2, 0.25) is 0 Å². The van der Waals surface area contributed by atoms with Crippen LogP contribution in [0.25, 0.3) is 5.65 Å². The smallest absolute Gasteiger partial charge is 0.409 e. The van der Waals surface area contributed by atoms with Gasteiger partial charge in [-0.1, -0.05) is 11.6 Å². The van der Waals surface area contributed by atoms with Gasteiger partial charge in [-0.25, -0.2) is 9.78 Å². The van der Waals surface area contributed by atoms with Gasteiger partial charge in [0.05, 0.1) is 17.3 Å². The average Bonchev–Trinajstić information content (AvgIpc) is 2.56. The number of fused-ring (bicyclic) bond motifs is 1. The van der Waals surface area contributed by atoms with Crippen LogP contribution in [0.15, 0.2) is 29.2 Å². The van der Waals surface area contributed by atoms with Crippen LogP contribution >= 0.6 is 11.6 Å². The van der Waals surface area contributed by atoms with Crippen LogP contribution in [0.2, 0.25) is 5.02 Å². The standard InChI is InChI=1S/C16H19ClN4O3/c1-2-24-16(23)20-7-5-19(6-8-20)11-13-9-15(22)21-10-12(17)3-4-14(21)18-13/h3-4,9-10H,2,5-8,11H2,1H3. The zero-order valence-electron chi connectivity index (χ0n) is 13.4. The zero-order chi connectivity index (χ0) is 17.1. The van der Waals surface area contributed by atoms with Gasteiger partial charge >= 0.3 is 6.09 Å². The Morgan fingerprint density at radius 1 is 1.29 bits per heavy atom. The Hall–Kier alpha value is -2.12. The van der Waals surface area contributed by atoms with Crippen LogP contribution in [0.3, 0.4) is 0 Å². The third-order valence-electron chi connectivity index (χ3n) is 3.96. The molecule has 0 unspecified atom stereocenters. The average molecular weight is 351 g/mol. The number of hydrogen-bond donors (Lipinski definition) is 0. The molecule has 1 saturated heterocycles. The maximum Gasteiger partial charge on any atom is 0.409 e. The topological polar surface area (TPSA) is 67.2 Å². The zero-order valence-corrected chi connectivity index (χ0v) is 14.2. The Morgan fingerprint density at radius 3 is 2.75 bits per heavy atom. The number of ether oxygens (including phenoxy) is 1. The van der Waals surface area contributed by atoms with Gasteiger partial charge in [-0.3, -0.25) is 14.1 Å². The Labute approximate surface area is 144 Å². The van der Waals surface area contributed by atoms with Crippen LogP contribution in [-0.4, -0.2) is 58.1 Å². The molecule has 24 heavy (non-hydrogen) atoms. The SMILES string of the molecule is CCOC(=O)N1CCN(Cc2cc(=O)n3cc(Cl)ccc3n2)CC1. The molecule has 3 heterocycles. The quantitative estimate of drug-likeness (QED) is 0.841. The first-order chi connectivity index (χ1) is 11.6. The number of rotatable bonds is 3. The minimum atomic E-state index is -0.267. The van der Waals surface area contributed by atoms with Crippen molar-refractivity contribution in [1.29, 1.82) is 0 Å². The van der Waals surface area contributed by atoms with E-state index in [1.54, 1.807) is 30.2 Å². The van der Waals surface area contributed by atoms with Crippen molar-refractivity contribution in [2.75, 3.05) is 32.8 Å². The monoisotopic (exact) mass is 350 g/mol. The van der Waals surface area contributed by atoms with Gasteiger partial charge < -0.3 is 9.64 Å². The maximum atomic E-state index is 12.2. The number of amides is 1. The molecular weight excluding hydrogens is 332 g/mol. The molecule has 1 fully saturated rings. The summed E-state index contributed by atoms with van der Waals surface area (Å²) in [4.78, 5) is 32.3. The molecule has 2 aromatic rings. The van der Waals surface area contributed by atoms with Crippen molar-refractivity contribution in [3.05, 3.63) is 45.5 Å². The van der Waals surface area contributed by atoms with Crippen LogP contribution in [0.1, 0.15) is 12.6 Å². The Bertz CT molecular complexity index is 799. The van der Waals surface area contributed by atoms with E-state index in [9.17, 15) is 9.59 Å². The summed E-state index contributed by atoms with van der Waals surface area (Å²) in [5.41, 5.74) is 1.14. The molecule has 0 atom stereocenters. The fraction of sp³-hybridized carbons (Fsp3) is 0.438. The van der Waals surface area contributed by atoms with Crippen molar-refractivity contribution in [3.8, 4) is 0 Å². The number of piperazine rings is 1. The molecule has 0 radical (unpaired) electrons. The third kappa shape index (κ3) is 3.68. The Morgan fingerprint density at radius 2 is 2.04 bits per heavy atom. The number of hydrogen-bond acceptors (Lipinski definition) is 5. The minimum Gasteiger partial charge on any atom is -0.450 e.